The fourth-order valence-electron chi connectivity index (χ4n) is 1.20. The van der Waals surface area contributed by atoms with Crippen LogP contribution in [0, 0.1) is 6.92 Å². The van der Waals surface area contributed by atoms with E-state index in [1.807, 2.05) is 31.2 Å². The third-order valence-corrected chi connectivity index (χ3v) is 2.28. The summed E-state index contributed by atoms with van der Waals surface area (Å²) in [6, 6.07) is 7.62. The second-order valence-corrected chi connectivity index (χ2v) is 3.67. The molecule has 0 aliphatic carbocycles. The van der Waals surface area contributed by atoms with E-state index in [9.17, 15) is 9.59 Å². The van der Waals surface area contributed by atoms with Gasteiger partial charge in [0.1, 0.15) is 0 Å². The van der Waals surface area contributed by atoms with Gasteiger partial charge in [0.05, 0.1) is 0 Å². The predicted molar refractivity (Wildman–Crippen MR) is 65.0 cm³/mol. The molecule has 0 unspecified atom stereocenters. The Hall–Kier alpha value is -2.10. The molecule has 0 bridgehead atoms. The summed E-state index contributed by atoms with van der Waals surface area (Å²) in [7, 11) is 0. The Morgan fingerprint density at radius 2 is 2.00 bits per heavy atom. The largest absolute Gasteiger partial charge is 0.449 e. The van der Waals surface area contributed by atoms with Gasteiger partial charge in [0.15, 0.2) is 6.10 Å². The Kier molecular flexibility index (Phi) is 4.46. The summed E-state index contributed by atoms with van der Waals surface area (Å²) in [5, 5.41) is 0. The minimum Gasteiger partial charge on any atom is -0.449 e. The Morgan fingerprint density at radius 3 is 2.59 bits per heavy atom. The number of esters is 1. The van der Waals surface area contributed by atoms with Gasteiger partial charge in [-0.05, 0) is 31.1 Å². The van der Waals surface area contributed by atoms with E-state index in [1.165, 1.54) is 13.0 Å². The van der Waals surface area contributed by atoms with Crippen molar-refractivity contribution in [2.75, 3.05) is 0 Å². The molecule has 0 heterocycles. The van der Waals surface area contributed by atoms with Crippen LogP contribution >= 0.6 is 0 Å². The molecule has 17 heavy (non-hydrogen) atoms. The number of rotatable bonds is 4. The van der Waals surface area contributed by atoms with Gasteiger partial charge >= 0.3 is 5.97 Å². The van der Waals surface area contributed by atoms with Gasteiger partial charge in [-0.25, -0.2) is 4.79 Å². The molecule has 4 nitrogen and oxygen atoms in total. The van der Waals surface area contributed by atoms with Crippen molar-refractivity contribution in [3.05, 3.63) is 41.5 Å². The fraction of sp³-hybridized carbons (Fsp3) is 0.231. The molecule has 0 spiro atoms. The van der Waals surface area contributed by atoms with Crippen LogP contribution in [-0.4, -0.2) is 18.0 Å². The zero-order valence-electron chi connectivity index (χ0n) is 9.84. The summed E-state index contributed by atoms with van der Waals surface area (Å²) in [5.74, 6) is -1.25. The first-order chi connectivity index (χ1) is 8.00. The molecule has 1 atom stereocenters. The molecule has 0 fully saturated rings. The van der Waals surface area contributed by atoms with Crippen LogP contribution in [-0.2, 0) is 14.3 Å². The number of amides is 1. The molecule has 0 aliphatic rings. The van der Waals surface area contributed by atoms with Crippen LogP contribution in [0.1, 0.15) is 18.1 Å². The Labute approximate surface area is 100 Å². The van der Waals surface area contributed by atoms with Gasteiger partial charge in [-0.3, -0.25) is 4.79 Å². The maximum absolute atomic E-state index is 11.3. The number of primary amides is 1. The number of hydrogen-bond acceptors (Lipinski definition) is 3. The first-order valence-corrected chi connectivity index (χ1v) is 5.24. The third kappa shape index (κ3) is 4.10. The van der Waals surface area contributed by atoms with Crippen LogP contribution in [0.5, 0.6) is 0 Å². The molecule has 1 rings (SSSR count). The summed E-state index contributed by atoms with van der Waals surface area (Å²) in [4.78, 5) is 22.0. The maximum Gasteiger partial charge on any atom is 0.331 e. The molecular weight excluding hydrogens is 218 g/mol. The van der Waals surface area contributed by atoms with Crippen LogP contribution in [0.3, 0.4) is 0 Å². The van der Waals surface area contributed by atoms with Crippen LogP contribution in [0.2, 0.25) is 0 Å². The average Bonchev–Trinajstić information content (AvgIpc) is 2.27. The second kappa shape index (κ2) is 5.84. The van der Waals surface area contributed by atoms with Crippen LogP contribution in [0.4, 0.5) is 0 Å². The highest BCUT2D eigenvalue weighted by Crippen LogP contribution is 2.08. The molecule has 0 saturated carbocycles. The Morgan fingerprint density at radius 1 is 1.35 bits per heavy atom. The smallest absolute Gasteiger partial charge is 0.331 e. The number of hydrogen-bond donors (Lipinski definition) is 1. The molecule has 4 heteroatoms. The van der Waals surface area contributed by atoms with E-state index in [0.29, 0.717) is 0 Å². The minimum absolute atomic E-state index is 0.584. The van der Waals surface area contributed by atoms with Gasteiger partial charge in [-0.2, -0.15) is 0 Å². The van der Waals surface area contributed by atoms with Crippen molar-refractivity contribution < 1.29 is 14.3 Å². The summed E-state index contributed by atoms with van der Waals surface area (Å²) in [6.45, 7) is 3.37. The molecular formula is C13H15NO3. The first kappa shape index (κ1) is 13.0. The highest BCUT2D eigenvalue weighted by atomic mass is 16.5. The van der Waals surface area contributed by atoms with Gasteiger partial charge in [-0.15, -0.1) is 0 Å². The van der Waals surface area contributed by atoms with E-state index in [0.717, 1.165) is 11.1 Å². The number of aryl methyl sites for hydroxylation is 1. The molecule has 1 amide bonds. The van der Waals surface area contributed by atoms with E-state index >= 15 is 0 Å². The Balaban J connectivity index is 2.63. The first-order valence-electron chi connectivity index (χ1n) is 5.24. The molecule has 0 radical (unpaired) electrons. The van der Waals surface area contributed by atoms with Gasteiger partial charge in [0.25, 0.3) is 5.91 Å². The molecule has 1 aromatic rings. The van der Waals surface area contributed by atoms with Crippen LogP contribution in [0.25, 0.3) is 6.08 Å². The third-order valence-electron chi connectivity index (χ3n) is 2.28. The van der Waals surface area contributed by atoms with Gasteiger partial charge in [-0.1, -0.05) is 24.3 Å². The van der Waals surface area contributed by atoms with Crippen molar-refractivity contribution in [3.63, 3.8) is 0 Å². The quantitative estimate of drug-likeness (QED) is 0.631. The fourth-order valence-corrected chi connectivity index (χ4v) is 1.20. The molecule has 2 N–H and O–H groups in total. The topological polar surface area (TPSA) is 69.4 Å². The highest BCUT2D eigenvalue weighted by molar-refractivity contribution is 5.90. The number of ether oxygens (including phenoxy) is 1. The SMILES string of the molecule is Cc1ccccc1/C=C/C(=O)O[C@H](C)C(N)=O. The van der Waals surface area contributed by atoms with Crippen LogP contribution in [0.15, 0.2) is 30.3 Å². The summed E-state index contributed by atoms with van der Waals surface area (Å²) in [5.41, 5.74) is 6.96. The molecule has 1 aromatic carbocycles. The summed E-state index contributed by atoms with van der Waals surface area (Å²) < 4.78 is 4.77. The molecule has 0 aliphatic heterocycles. The number of nitrogens with two attached hydrogens (primary N) is 1. The van der Waals surface area contributed by atoms with Crippen molar-refractivity contribution in [3.8, 4) is 0 Å². The van der Waals surface area contributed by atoms with Crippen molar-refractivity contribution >= 4 is 18.0 Å². The summed E-state index contributed by atoms with van der Waals surface area (Å²) >= 11 is 0. The zero-order chi connectivity index (χ0) is 12.8. The number of carbonyl (C=O) groups is 2. The maximum atomic E-state index is 11.3. The van der Waals surface area contributed by atoms with Crippen molar-refractivity contribution in [1.82, 2.24) is 0 Å². The lowest BCUT2D eigenvalue weighted by Crippen LogP contribution is -2.29. The normalized spacial score (nSPS) is 12.4. The van der Waals surface area contributed by atoms with Gasteiger partial charge in [0.2, 0.25) is 0 Å². The minimum atomic E-state index is -0.913. The van der Waals surface area contributed by atoms with Crippen molar-refractivity contribution in [2.45, 2.75) is 20.0 Å². The van der Waals surface area contributed by atoms with Crippen molar-refractivity contribution in [1.29, 1.82) is 0 Å². The lowest BCUT2D eigenvalue weighted by Gasteiger charge is -2.06. The second-order valence-electron chi connectivity index (χ2n) is 3.67. The van der Waals surface area contributed by atoms with Gasteiger partial charge in [0, 0.05) is 6.08 Å². The number of benzene rings is 1. The van der Waals surface area contributed by atoms with Crippen molar-refractivity contribution in [2.24, 2.45) is 5.73 Å². The van der Waals surface area contributed by atoms with E-state index in [2.05, 4.69) is 0 Å². The molecule has 0 saturated heterocycles. The zero-order valence-corrected chi connectivity index (χ0v) is 9.84. The molecule has 0 aromatic heterocycles. The number of carbonyl (C=O) groups excluding carboxylic acids is 2. The summed E-state index contributed by atoms with van der Waals surface area (Å²) in [6.07, 6.45) is 2.01. The average molecular weight is 233 g/mol. The monoisotopic (exact) mass is 233 g/mol. The highest BCUT2D eigenvalue weighted by Gasteiger charge is 2.11. The van der Waals surface area contributed by atoms with E-state index < -0.39 is 18.0 Å². The molecule has 90 valence electrons. The lowest BCUT2D eigenvalue weighted by atomic mass is 10.1. The predicted octanol–water partition coefficient (Wildman–Crippen LogP) is 1.43. The van der Waals surface area contributed by atoms with Crippen LogP contribution < -0.4 is 5.73 Å². The lowest BCUT2D eigenvalue weighted by molar-refractivity contribution is -0.148. The van der Waals surface area contributed by atoms with E-state index in [1.54, 1.807) is 6.08 Å². The van der Waals surface area contributed by atoms with E-state index in [-0.39, 0.29) is 0 Å². The Bertz CT molecular complexity index is 452. The van der Waals surface area contributed by atoms with Gasteiger partial charge < -0.3 is 10.5 Å². The van der Waals surface area contributed by atoms with E-state index in [4.69, 9.17) is 10.5 Å². The standard InChI is InChI=1S/C13H15NO3/c1-9-5-3-4-6-11(9)7-8-12(15)17-10(2)13(14)16/h3-8,10H,1-2H3,(H2,14,16)/b8-7+/t10-/m1/s1.